The first kappa shape index (κ1) is 18.2. The lowest BCUT2D eigenvalue weighted by atomic mass is 9.50. The second-order valence-corrected chi connectivity index (χ2v) is 8.74. The van der Waals surface area contributed by atoms with Crippen LogP contribution < -0.4 is 0 Å². The van der Waals surface area contributed by atoms with Crippen molar-refractivity contribution in [3.05, 3.63) is 47.1 Å². The molecular weight excluding hydrogens is 312 g/mol. The molecule has 1 aliphatic heterocycles. The lowest BCUT2D eigenvalue weighted by molar-refractivity contribution is -0.131. The van der Waals surface area contributed by atoms with Gasteiger partial charge in [-0.15, -0.1) is 0 Å². The van der Waals surface area contributed by atoms with Crippen LogP contribution in [0.5, 0.6) is 0 Å². The van der Waals surface area contributed by atoms with Gasteiger partial charge in [0.05, 0.1) is 12.2 Å². The van der Waals surface area contributed by atoms with Crippen molar-refractivity contribution >= 4 is 5.97 Å². The Labute approximate surface area is 151 Å². The van der Waals surface area contributed by atoms with E-state index in [0.717, 1.165) is 0 Å². The molecule has 3 rings (SSSR count). The van der Waals surface area contributed by atoms with Gasteiger partial charge < -0.3 is 9.84 Å². The van der Waals surface area contributed by atoms with E-state index in [9.17, 15) is 4.79 Å². The summed E-state index contributed by atoms with van der Waals surface area (Å²) in [6.45, 7) is 15.3. The van der Waals surface area contributed by atoms with Gasteiger partial charge in [0.25, 0.3) is 0 Å². The molecule has 3 aliphatic rings. The molecule has 0 radical (unpaired) electrons. The van der Waals surface area contributed by atoms with E-state index in [1.54, 1.807) is 0 Å². The van der Waals surface area contributed by atoms with Crippen molar-refractivity contribution in [3.63, 3.8) is 0 Å². The summed E-state index contributed by atoms with van der Waals surface area (Å²) >= 11 is 0. The zero-order valence-corrected chi connectivity index (χ0v) is 16.4. The summed E-state index contributed by atoms with van der Waals surface area (Å²) < 4.78 is 6.62. The van der Waals surface area contributed by atoms with Gasteiger partial charge in [-0.2, -0.15) is 0 Å². The minimum Gasteiger partial charge on any atom is -0.478 e. The Morgan fingerprint density at radius 1 is 1.20 bits per heavy atom. The third-order valence-corrected chi connectivity index (χ3v) is 7.13. The largest absolute Gasteiger partial charge is 0.478 e. The SMILES string of the molecule is C/C=C(/C)[C@H]1O[C@H]2C(C)=C[C@@](C)(/C=C\C(=O)O)[C@H]3C(C)=C[C@]1(C)[C@@]23C. The molecule has 2 aliphatic carbocycles. The molecule has 25 heavy (non-hydrogen) atoms. The van der Waals surface area contributed by atoms with E-state index in [2.05, 4.69) is 66.7 Å². The molecule has 1 saturated heterocycles. The summed E-state index contributed by atoms with van der Waals surface area (Å²) in [6.07, 6.45) is 10.0. The van der Waals surface area contributed by atoms with Crippen LogP contribution in [0.25, 0.3) is 0 Å². The standard InChI is InChI=1S/C22H30O3/c1-8-13(2)18-21(6)12-14(3)17-20(5,10-9-16(23)24)11-15(4)19(25-18)22(17,21)7/h8-12,17-19H,1-7H3,(H,23,24)/b10-9-,13-8-/t17-,18-,19+,20-,21+,22-/m1/s1. The maximum absolute atomic E-state index is 11.1. The second kappa shape index (κ2) is 5.44. The minimum atomic E-state index is -0.896. The van der Waals surface area contributed by atoms with Gasteiger partial charge in [-0.25, -0.2) is 4.79 Å². The average molecular weight is 342 g/mol. The molecule has 0 bridgehead atoms. The van der Waals surface area contributed by atoms with Gasteiger partial charge in [-0.05, 0) is 38.8 Å². The van der Waals surface area contributed by atoms with Crippen LogP contribution >= 0.6 is 0 Å². The monoisotopic (exact) mass is 342 g/mol. The van der Waals surface area contributed by atoms with Crippen molar-refractivity contribution in [1.29, 1.82) is 0 Å². The molecule has 3 heteroatoms. The molecule has 0 spiro atoms. The summed E-state index contributed by atoms with van der Waals surface area (Å²) in [5.41, 5.74) is 3.29. The first-order chi connectivity index (χ1) is 11.5. The van der Waals surface area contributed by atoms with Crippen molar-refractivity contribution < 1.29 is 14.6 Å². The van der Waals surface area contributed by atoms with Crippen LogP contribution in [-0.4, -0.2) is 23.3 Å². The summed E-state index contributed by atoms with van der Waals surface area (Å²) in [4.78, 5) is 11.1. The fourth-order valence-electron chi connectivity index (χ4n) is 6.20. The van der Waals surface area contributed by atoms with Crippen LogP contribution in [0.3, 0.4) is 0 Å². The van der Waals surface area contributed by atoms with Crippen LogP contribution in [0.15, 0.2) is 47.1 Å². The van der Waals surface area contributed by atoms with Crippen LogP contribution in [-0.2, 0) is 9.53 Å². The van der Waals surface area contributed by atoms with Gasteiger partial charge in [-0.1, -0.05) is 50.6 Å². The molecular formula is C22H30O3. The van der Waals surface area contributed by atoms with Crippen molar-refractivity contribution in [3.8, 4) is 0 Å². The van der Waals surface area contributed by atoms with Crippen molar-refractivity contribution in [1.82, 2.24) is 0 Å². The van der Waals surface area contributed by atoms with Crippen LogP contribution in [0.2, 0.25) is 0 Å². The van der Waals surface area contributed by atoms with Gasteiger partial charge in [-0.3, -0.25) is 0 Å². The first-order valence-electron chi connectivity index (χ1n) is 9.10. The molecule has 0 amide bonds. The highest BCUT2D eigenvalue weighted by Crippen LogP contribution is 2.71. The van der Waals surface area contributed by atoms with E-state index in [0.29, 0.717) is 0 Å². The van der Waals surface area contributed by atoms with E-state index in [1.807, 2.05) is 6.08 Å². The molecule has 3 nitrogen and oxygen atoms in total. The molecule has 1 fully saturated rings. The predicted octanol–water partition coefficient (Wildman–Crippen LogP) is 4.92. The minimum absolute atomic E-state index is 0.0570. The van der Waals surface area contributed by atoms with E-state index in [4.69, 9.17) is 9.84 Å². The van der Waals surface area contributed by atoms with E-state index < -0.39 is 5.97 Å². The number of rotatable bonds is 3. The lowest BCUT2D eigenvalue weighted by Crippen LogP contribution is -2.51. The molecule has 1 N–H and O–H groups in total. The number of carboxylic acid groups (broad SMARTS) is 1. The zero-order valence-electron chi connectivity index (χ0n) is 16.4. The third-order valence-electron chi connectivity index (χ3n) is 7.13. The van der Waals surface area contributed by atoms with Crippen molar-refractivity contribution in [2.24, 2.45) is 22.2 Å². The summed E-state index contributed by atoms with van der Waals surface area (Å²) in [5.74, 6) is -0.670. The maximum atomic E-state index is 11.1. The highest BCUT2D eigenvalue weighted by molar-refractivity contribution is 5.80. The zero-order chi connectivity index (χ0) is 18.8. The Morgan fingerprint density at radius 3 is 2.40 bits per heavy atom. The predicted molar refractivity (Wildman–Crippen MR) is 100 cm³/mol. The lowest BCUT2D eigenvalue weighted by Gasteiger charge is -2.52. The van der Waals surface area contributed by atoms with Crippen LogP contribution in [0.4, 0.5) is 0 Å². The van der Waals surface area contributed by atoms with Gasteiger partial charge in [0.1, 0.15) is 0 Å². The number of hydrogen-bond acceptors (Lipinski definition) is 2. The molecule has 0 aromatic carbocycles. The normalized spacial score (nSPS) is 46.2. The fraction of sp³-hybridized carbons (Fsp3) is 0.591. The molecule has 1 heterocycles. The number of ether oxygens (including phenoxy) is 1. The maximum Gasteiger partial charge on any atom is 0.328 e. The number of hydrogen-bond donors (Lipinski definition) is 1. The molecule has 0 saturated carbocycles. The van der Waals surface area contributed by atoms with E-state index in [-0.39, 0.29) is 34.4 Å². The second-order valence-electron chi connectivity index (χ2n) is 8.74. The summed E-state index contributed by atoms with van der Waals surface area (Å²) in [7, 11) is 0. The Kier molecular flexibility index (Phi) is 3.96. The van der Waals surface area contributed by atoms with E-state index in [1.165, 1.54) is 22.8 Å². The summed E-state index contributed by atoms with van der Waals surface area (Å²) in [5, 5.41) is 9.15. The number of carboxylic acids is 1. The summed E-state index contributed by atoms with van der Waals surface area (Å²) in [6, 6.07) is 0. The van der Waals surface area contributed by atoms with Gasteiger partial charge >= 0.3 is 5.97 Å². The van der Waals surface area contributed by atoms with Crippen molar-refractivity contribution in [2.45, 2.75) is 60.7 Å². The Balaban J connectivity index is 2.21. The molecule has 0 unspecified atom stereocenters. The number of allylic oxidation sites excluding steroid dienone is 4. The number of carbonyl (C=O) groups is 1. The first-order valence-corrected chi connectivity index (χ1v) is 9.10. The van der Waals surface area contributed by atoms with Gasteiger partial charge in [0, 0.05) is 28.2 Å². The smallest absolute Gasteiger partial charge is 0.328 e. The van der Waals surface area contributed by atoms with E-state index >= 15 is 0 Å². The topological polar surface area (TPSA) is 46.5 Å². The third kappa shape index (κ3) is 2.18. The Hall–Kier alpha value is -1.61. The highest BCUT2D eigenvalue weighted by Gasteiger charge is 2.70. The average Bonchev–Trinajstić information content (AvgIpc) is 2.86. The molecule has 0 aromatic heterocycles. The molecule has 6 atom stereocenters. The number of aliphatic carboxylic acids is 1. The Morgan fingerprint density at radius 2 is 1.84 bits per heavy atom. The highest BCUT2D eigenvalue weighted by atomic mass is 16.5. The molecule has 0 aromatic rings. The van der Waals surface area contributed by atoms with Crippen LogP contribution in [0.1, 0.15) is 48.5 Å². The fourth-order valence-corrected chi connectivity index (χ4v) is 6.20. The van der Waals surface area contributed by atoms with Crippen molar-refractivity contribution in [2.75, 3.05) is 0 Å². The Bertz CT molecular complexity index is 740. The quantitative estimate of drug-likeness (QED) is 0.585. The van der Waals surface area contributed by atoms with Gasteiger partial charge in [0.2, 0.25) is 0 Å². The van der Waals surface area contributed by atoms with Gasteiger partial charge in [0.15, 0.2) is 0 Å². The van der Waals surface area contributed by atoms with Crippen LogP contribution in [0, 0.1) is 22.2 Å². The molecule has 136 valence electrons.